The van der Waals surface area contributed by atoms with Gasteiger partial charge in [-0.05, 0) is 19.4 Å². The highest BCUT2D eigenvalue weighted by Crippen LogP contribution is 2.20. The highest BCUT2D eigenvalue weighted by Gasteiger charge is 2.24. The Morgan fingerprint density at radius 2 is 2.47 bits per heavy atom. The number of rotatable bonds is 4. The fourth-order valence-corrected chi connectivity index (χ4v) is 2.26. The Labute approximate surface area is 116 Å². The summed E-state index contributed by atoms with van der Waals surface area (Å²) >= 11 is 5.92. The molecule has 2 heterocycles. The van der Waals surface area contributed by atoms with Crippen LogP contribution in [0.15, 0.2) is 12.3 Å². The zero-order valence-corrected chi connectivity index (χ0v) is 11.4. The minimum absolute atomic E-state index is 0.186. The van der Waals surface area contributed by atoms with Gasteiger partial charge in [-0.3, -0.25) is 4.79 Å². The van der Waals surface area contributed by atoms with E-state index in [-0.39, 0.29) is 12.0 Å². The number of nitrogen functional groups attached to an aromatic ring is 1. The molecular weight excluding hydrogens is 268 g/mol. The second-order valence-electron chi connectivity index (χ2n) is 4.53. The number of anilines is 1. The van der Waals surface area contributed by atoms with Gasteiger partial charge >= 0.3 is 0 Å². The predicted molar refractivity (Wildman–Crippen MR) is 72.9 cm³/mol. The molecule has 1 aromatic rings. The van der Waals surface area contributed by atoms with Crippen LogP contribution in [0, 0.1) is 5.92 Å². The maximum Gasteiger partial charge on any atom is 0.252 e. The van der Waals surface area contributed by atoms with Crippen molar-refractivity contribution < 1.29 is 9.53 Å². The van der Waals surface area contributed by atoms with Gasteiger partial charge in [0, 0.05) is 25.3 Å². The summed E-state index contributed by atoms with van der Waals surface area (Å²) in [6.45, 7) is 3.37. The molecule has 104 valence electrons. The number of hydrogen-bond donors (Lipinski definition) is 3. The van der Waals surface area contributed by atoms with E-state index >= 15 is 0 Å². The summed E-state index contributed by atoms with van der Waals surface area (Å²) in [5, 5.41) is 3.18. The van der Waals surface area contributed by atoms with Crippen molar-refractivity contribution in [2.45, 2.75) is 19.4 Å². The standard InChI is InChI=1S/C12H17ClN4O2/c1-7-8(2-3-19-7)5-16-12(18)9-4-10(13)11(17-14)15-6-9/h4,6-8H,2-3,5,14H2,1H3,(H,15,17)(H,16,18). The van der Waals surface area contributed by atoms with E-state index in [0.29, 0.717) is 28.9 Å². The first-order valence-electron chi connectivity index (χ1n) is 6.13. The Balaban J connectivity index is 1.94. The lowest BCUT2D eigenvalue weighted by atomic mass is 10.0. The van der Waals surface area contributed by atoms with Crippen LogP contribution in [0.2, 0.25) is 5.02 Å². The monoisotopic (exact) mass is 284 g/mol. The molecular formula is C12H17ClN4O2. The van der Waals surface area contributed by atoms with Gasteiger partial charge in [-0.15, -0.1) is 0 Å². The Bertz CT molecular complexity index is 469. The van der Waals surface area contributed by atoms with Crippen molar-refractivity contribution >= 4 is 23.3 Å². The zero-order chi connectivity index (χ0) is 13.8. The quantitative estimate of drug-likeness (QED) is 0.571. The fourth-order valence-electron chi connectivity index (χ4n) is 2.04. The number of nitrogens with one attached hydrogen (secondary N) is 2. The van der Waals surface area contributed by atoms with E-state index in [2.05, 4.69) is 15.7 Å². The number of nitrogens with zero attached hydrogens (tertiary/aromatic N) is 1. The lowest BCUT2D eigenvalue weighted by Crippen LogP contribution is -2.32. The Hall–Kier alpha value is -1.37. The number of nitrogens with two attached hydrogens (primary N) is 1. The van der Waals surface area contributed by atoms with Gasteiger partial charge in [-0.2, -0.15) is 0 Å². The fraction of sp³-hybridized carbons (Fsp3) is 0.500. The van der Waals surface area contributed by atoms with E-state index in [9.17, 15) is 4.79 Å². The molecule has 0 saturated carbocycles. The topological polar surface area (TPSA) is 89.3 Å². The predicted octanol–water partition coefficient (Wildman–Crippen LogP) is 1.18. The minimum atomic E-state index is -0.197. The molecule has 1 aromatic heterocycles. The van der Waals surface area contributed by atoms with E-state index in [0.717, 1.165) is 13.0 Å². The highest BCUT2D eigenvalue weighted by molar-refractivity contribution is 6.33. The van der Waals surface area contributed by atoms with Gasteiger partial charge < -0.3 is 15.5 Å². The molecule has 2 rings (SSSR count). The van der Waals surface area contributed by atoms with Crippen molar-refractivity contribution in [2.24, 2.45) is 11.8 Å². The van der Waals surface area contributed by atoms with Crippen LogP contribution in [0.3, 0.4) is 0 Å². The van der Waals surface area contributed by atoms with Crippen molar-refractivity contribution in [3.63, 3.8) is 0 Å². The third-order valence-electron chi connectivity index (χ3n) is 3.30. The van der Waals surface area contributed by atoms with Crippen LogP contribution in [0.5, 0.6) is 0 Å². The van der Waals surface area contributed by atoms with Crippen molar-refractivity contribution in [2.75, 3.05) is 18.6 Å². The van der Waals surface area contributed by atoms with Crippen LogP contribution < -0.4 is 16.6 Å². The number of carbonyl (C=O) groups excluding carboxylic acids is 1. The number of halogens is 1. The molecule has 1 saturated heterocycles. The molecule has 1 aliphatic rings. The van der Waals surface area contributed by atoms with Crippen LogP contribution >= 0.6 is 11.6 Å². The van der Waals surface area contributed by atoms with Crippen LogP contribution in [0.1, 0.15) is 23.7 Å². The first kappa shape index (κ1) is 14.0. The van der Waals surface area contributed by atoms with Crippen LogP contribution in [-0.2, 0) is 4.74 Å². The largest absolute Gasteiger partial charge is 0.378 e. The summed E-state index contributed by atoms with van der Waals surface area (Å²) in [7, 11) is 0. The number of hydrazine groups is 1. The maximum absolute atomic E-state index is 12.0. The second-order valence-corrected chi connectivity index (χ2v) is 4.94. The van der Waals surface area contributed by atoms with Crippen LogP contribution in [0.4, 0.5) is 5.82 Å². The van der Waals surface area contributed by atoms with Gasteiger partial charge in [0.05, 0.1) is 16.7 Å². The van der Waals surface area contributed by atoms with Gasteiger partial charge in [0.1, 0.15) is 0 Å². The first-order chi connectivity index (χ1) is 9.11. The summed E-state index contributed by atoms with van der Waals surface area (Å²) in [5.74, 6) is 5.73. The molecule has 2 atom stereocenters. The average molecular weight is 285 g/mol. The van der Waals surface area contributed by atoms with Crippen molar-refractivity contribution in [3.05, 3.63) is 22.8 Å². The van der Waals surface area contributed by atoms with Crippen molar-refractivity contribution in [1.29, 1.82) is 0 Å². The summed E-state index contributed by atoms with van der Waals surface area (Å²) in [4.78, 5) is 15.9. The second kappa shape index (κ2) is 6.18. The summed E-state index contributed by atoms with van der Waals surface area (Å²) in [5.41, 5.74) is 2.77. The van der Waals surface area contributed by atoms with Crippen molar-refractivity contribution in [1.82, 2.24) is 10.3 Å². The molecule has 6 nitrogen and oxygen atoms in total. The molecule has 0 aromatic carbocycles. The van der Waals surface area contributed by atoms with E-state index in [4.69, 9.17) is 22.2 Å². The van der Waals surface area contributed by atoms with E-state index in [1.54, 1.807) is 0 Å². The van der Waals surface area contributed by atoms with Gasteiger partial charge in [-0.25, -0.2) is 10.8 Å². The number of aromatic nitrogens is 1. The molecule has 1 aliphatic heterocycles. The Kier molecular flexibility index (Phi) is 4.57. The normalized spacial score (nSPS) is 22.3. The molecule has 4 N–H and O–H groups in total. The average Bonchev–Trinajstić information content (AvgIpc) is 2.81. The molecule has 1 fully saturated rings. The Morgan fingerprint density at radius 3 is 3.05 bits per heavy atom. The van der Waals surface area contributed by atoms with Gasteiger partial charge in [0.25, 0.3) is 5.91 Å². The summed E-state index contributed by atoms with van der Waals surface area (Å²) in [6, 6.07) is 1.54. The number of amides is 1. The van der Waals surface area contributed by atoms with Crippen LogP contribution in [0.25, 0.3) is 0 Å². The highest BCUT2D eigenvalue weighted by atomic mass is 35.5. The third-order valence-corrected chi connectivity index (χ3v) is 3.59. The van der Waals surface area contributed by atoms with E-state index in [1.165, 1.54) is 12.3 Å². The smallest absolute Gasteiger partial charge is 0.252 e. The number of hydrogen-bond acceptors (Lipinski definition) is 5. The SMILES string of the molecule is CC1OCCC1CNC(=O)c1cnc(NN)c(Cl)c1. The molecule has 0 aliphatic carbocycles. The van der Waals surface area contributed by atoms with Gasteiger partial charge in [-0.1, -0.05) is 11.6 Å². The molecule has 1 amide bonds. The minimum Gasteiger partial charge on any atom is -0.378 e. The molecule has 19 heavy (non-hydrogen) atoms. The number of carbonyl (C=O) groups is 1. The third kappa shape index (κ3) is 3.34. The van der Waals surface area contributed by atoms with Gasteiger partial charge in [0.2, 0.25) is 0 Å². The van der Waals surface area contributed by atoms with Crippen LogP contribution in [-0.4, -0.2) is 30.1 Å². The molecule has 2 unspecified atom stereocenters. The number of pyridine rings is 1. The zero-order valence-electron chi connectivity index (χ0n) is 10.6. The number of ether oxygens (including phenoxy) is 1. The molecule has 0 spiro atoms. The lowest BCUT2D eigenvalue weighted by Gasteiger charge is -2.14. The summed E-state index contributed by atoms with van der Waals surface area (Å²) in [6.07, 6.45) is 2.59. The molecule has 0 radical (unpaired) electrons. The first-order valence-corrected chi connectivity index (χ1v) is 6.51. The Morgan fingerprint density at radius 1 is 1.68 bits per heavy atom. The molecule has 7 heteroatoms. The van der Waals surface area contributed by atoms with E-state index in [1.807, 2.05) is 6.92 Å². The van der Waals surface area contributed by atoms with Crippen molar-refractivity contribution in [3.8, 4) is 0 Å². The maximum atomic E-state index is 12.0. The lowest BCUT2D eigenvalue weighted by molar-refractivity contribution is 0.0907. The molecule has 0 bridgehead atoms. The van der Waals surface area contributed by atoms with Gasteiger partial charge in [0.15, 0.2) is 5.82 Å². The summed E-state index contributed by atoms with van der Waals surface area (Å²) < 4.78 is 5.45. The van der Waals surface area contributed by atoms with E-state index < -0.39 is 0 Å².